The number of aromatic nitrogens is 4. The minimum atomic E-state index is -3.32. The summed E-state index contributed by atoms with van der Waals surface area (Å²) < 4.78 is 38.2. The Morgan fingerprint density at radius 3 is 2.28 bits per heavy atom. The maximum atomic E-state index is 12.6. The predicted molar refractivity (Wildman–Crippen MR) is 128 cm³/mol. The smallest absolute Gasteiger partial charge is 0.316 e. The summed E-state index contributed by atoms with van der Waals surface area (Å²) in [4.78, 5) is 16.6. The second-order valence-electron chi connectivity index (χ2n) is 6.83. The number of nitrogens with zero attached hydrogens (tertiary/aromatic N) is 4. The first-order valence-electron chi connectivity index (χ1n) is 9.91. The summed E-state index contributed by atoms with van der Waals surface area (Å²) in [7, 11) is -3.32. The van der Waals surface area contributed by atoms with Crippen LogP contribution < -0.4 is 9.47 Å². The van der Waals surface area contributed by atoms with Crippen LogP contribution in [0.15, 0.2) is 51.9 Å². The molecule has 170 valence electrons. The molecule has 0 atom stereocenters. The highest BCUT2D eigenvalue weighted by Gasteiger charge is 2.21. The molecule has 0 saturated carbocycles. The van der Waals surface area contributed by atoms with Crippen molar-refractivity contribution in [3.63, 3.8) is 0 Å². The van der Waals surface area contributed by atoms with Crippen LogP contribution in [0.5, 0.6) is 11.9 Å². The fourth-order valence-electron chi connectivity index (χ4n) is 2.82. The standard InChI is InChI=1S/C21H22Br2N4O4S/c1-2-3-10-32(28,29)13-18-19(15-4-6-16(22)7-5-15)20(27-14-26-18)30-8-9-31-21-24-11-17(23)12-25-21/h4-7,11-12,14H,2-3,8-10,13H2,1H3. The summed E-state index contributed by atoms with van der Waals surface area (Å²) in [6, 6.07) is 7.70. The molecule has 0 unspecified atom stereocenters. The van der Waals surface area contributed by atoms with Crippen LogP contribution in [0.2, 0.25) is 0 Å². The summed E-state index contributed by atoms with van der Waals surface area (Å²) in [6.07, 6.45) is 5.91. The van der Waals surface area contributed by atoms with Crippen LogP contribution in [0.4, 0.5) is 0 Å². The Balaban J connectivity index is 1.81. The summed E-state index contributed by atoms with van der Waals surface area (Å²) in [6.45, 7) is 2.32. The number of sulfone groups is 1. The number of ether oxygens (including phenoxy) is 2. The molecular weight excluding hydrogens is 564 g/mol. The van der Waals surface area contributed by atoms with E-state index in [1.54, 1.807) is 12.4 Å². The molecule has 3 aromatic rings. The SMILES string of the molecule is CCCCS(=O)(=O)Cc1ncnc(OCCOc2ncc(Br)cn2)c1-c1ccc(Br)cc1. The van der Waals surface area contributed by atoms with E-state index < -0.39 is 9.84 Å². The van der Waals surface area contributed by atoms with Crippen molar-refractivity contribution in [2.75, 3.05) is 19.0 Å². The van der Waals surface area contributed by atoms with Crippen molar-refractivity contribution >= 4 is 41.7 Å². The fourth-order valence-corrected chi connectivity index (χ4v) is 4.80. The van der Waals surface area contributed by atoms with Gasteiger partial charge in [0, 0.05) is 16.9 Å². The summed E-state index contributed by atoms with van der Waals surface area (Å²) in [5.41, 5.74) is 1.73. The largest absolute Gasteiger partial charge is 0.474 e. The van der Waals surface area contributed by atoms with E-state index in [2.05, 4.69) is 51.8 Å². The Labute approximate surface area is 204 Å². The molecule has 0 radical (unpaired) electrons. The van der Waals surface area contributed by atoms with Gasteiger partial charge in [-0.15, -0.1) is 0 Å². The lowest BCUT2D eigenvalue weighted by Gasteiger charge is -2.14. The third kappa shape index (κ3) is 7.21. The quantitative estimate of drug-likeness (QED) is 0.300. The average Bonchev–Trinajstić information content (AvgIpc) is 2.77. The molecule has 0 aliphatic rings. The van der Waals surface area contributed by atoms with E-state index in [4.69, 9.17) is 9.47 Å². The van der Waals surface area contributed by atoms with Crippen LogP contribution >= 0.6 is 31.9 Å². The minimum absolute atomic E-state index is 0.116. The Morgan fingerprint density at radius 1 is 0.906 bits per heavy atom. The third-order valence-electron chi connectivity index (χ3n) is 4.34. The lowest BCUT2D eigenvalue weighted by atomic mass is 10.1. The second-order valence-corrected chi connectivity index (χ2v) is 10.8. The molecular formula is C21H22Br2N4O4S. The molecule has 2 heterocycles. The van der Waals surface area contributed by atoms with Gasteiger partial charge in [0.05, 0.1) is 27.2 Å². The molecule has 32 heavy (non-hydrogen) atoms. The van der Waals surface area contributed by atoms with Crippen LogP contribution in [-0.2, 0) is 15.6 Å². The van der Waals surface area contributed by atoms with Crippen LogP contribution in [0.1, 0.15) is 25.5 Å². The summed E-state index contributed by atoms with van der Waals surface area (Å²) in [5, 5.41) is 0. The van der Waals surface area contributed by atoms with Gasteiger partial charge in [0.2, 0.25) is 5.88 Å². The molecule has 11 heteroatoms. The second kappa shape index (κ2) is 11.7. The zero-order valence-electron chi connectivity index (χ0n) is 17.4. The van der Waals surface area contributed by atoms with Crippen molar-refractivity contribution in [1.29, 1.82) is 0 Å². The van der Waals surface area contributed by atoms with E-state index in [-0.39, 0.29) is 30.7 Å². The van der Waals surface area contributed by atoms with Gasteiger partial charge in [0.1, 0.15) is 19.5 Å². The number of halogens is 2. The first kappa shape index (κ1) is 24.5. The highest BCUT2D eigenvalue weighted by atomic mass is 79.9. The van der Waals surface area contributed by atoms with Gasteiger partial charge in [0.25, 0.3) is 0 Å². The van der Waals surface area contributed by atoms with E-state index in [0.29, 0.717) is 23.6 Å². The highest BCUT2D eigenvalue weighted by molar-refractivity contribution is 9.10. The number of unbranched alkanes of at least 4 members (excludes halogenated alkanes) is 1. The van der Waals surface area contributed by atoms with Crippen LogP contribution in [0.25, 0.3) is 11.1 Å². The molecule has 8 nitrogen and oxygen atoms in total. The summed E-state index contributed by atoms with van der Waals surface area (Å²) in [5.74, 6) is 0.230. The number of benzene rings is 1. The van der Waals surface area contributed by atoms with E-state index in [1.165, 1.54) is 6.33 Å². The topological polar surface area (TPSA) is 104 Å². The van der Waals surface area contributed by atoms with Gasteiger partial charge in [-0.1, -0.05) is 41.4 Å². The average molecular weight is 586 g/mol. The number of hydrogen-bond acceptors (Lipinski definition) is 8. The fraction of sp³-hybridized carbons (Fsp3) is 0.333. The molecule has 0 aliphatic carbocycles. The molecule has 0 aliphatic heterocycles. The van der Waals surface area contributed by atoms with Crippen LogP contribution in [-0.4, -0.2) is 47.3 Å². The molecule has 2 aromatic heterocycles. The maximum absolute atomic E-state index is 12.6. The molecule has 0 amide bonds. The third-order valence-corrected chi connectivity index (χ3v) is 6.90. The van der Waals surface area contributed by atoms with E-state index in [1.807, 2.05) is 31.2 Å². The first-order valence-corrected chi connectivity index (χ1v) is 13.3. The lowest BCUT2D eigenvalue weighted by molar-refractivity contribution is 0.201. The molecule has 0 bridgehead atoms. The minimum Gasteiger partial charge on any atom is -0.474 e. The Bertz CT molecular complexity index is 1130. The molecule has 0 saturated heterocycles. The molecule has 0 N–H and O–H groups in total. The van der Waals surface area contributed by atoms with E-state index >= 15 is 0 Å². The van der Waals surface area contributed by atoms with Gasteiger partial charge in [-0.25, -0.2) is 28.4 Å². The van der Waals surface area contributed by atoms with E-state index in [9.17, 15) is 8.42 Å². The predicted octanol–water partition coefficient (Wildman–Crippen LogP) is 4.63. The normalized spacial score (nSPS) is 11.3. The van der Waals surface area contributed by atoms with Crippen molar-refractivity contribution in [2.24, 2.45) is 0 Å². The van der Waals surface area contributed by atoms with Gasteiger partial charge < -0.3 is 9.47 Å². The molecule has 1 aromatic carbocycles. The van der Waals surface area contributed by atoms with Crippen molar-refractivity contribution in [3.8, 4) is 23.0 Å². The Hall–Kier alpha value is -2.11. The van der Waals surface area contributed by atoms with Gasteiger partial charge in [-0.05, 0) is 40.0 Å². The van der Waals surface area contributed by atoms with Crippen molar-refractivity contribution < 1.29 is 17.9 Å². The van der Waals surface area contributed by atoms with Crippen molar-refractivity contribution in [3.05, 3.63) is 57.6 Å². The first-order chi connectivity index (χ1) is 15.4. The highest BCUT2D eigenvalue weighted by Crippen LogP contribution is 2.32. The number of hydrogen-bond donors (Lipinski definition) is 0. The monoisotopic (exact) mass is 584 g/mol. The Kier molecular flexibility index (Phi) is 8.94. The zero-order valence-corrected chi connectivity index (χ0v) is 21.4. The molecule has 0 spiro atoms. The van der Waals surface area contributed by atoms with Gasteiger partial charge in [0.15, 0.2) is 9.84 Å². The lowest BCUT2D eigenvalue weighted by Crippen LogP contribution is -2.14. The number of rotatable bonds is 11. The zero-order chi connectivity index (χ0) is 23.0. The maximum Gasteiger partial charge on any atom is 0.316 e. The van der Waals surface area contributed by atoms with Crippen molar-refractivity contribution in [2.45, 2.75) is 25.5 Å². The summed E-state index contributed by atoms with van der Waals surface area (Å²) >= 11 is 6.69. The van der Waals surface area contributed by atoms with Crippen LogP contribution in [0.3, 0.4) is 0 Å². The van der Waals surface area contributed by atoms with Gasteiger partial charge in [-0.2, -0.15) is 0 Å². The Morgan fingerprint density at radius 2 is 1.59 bits per heavy atom. The van der Waals surface area contributed by atoms with E-state index in [0.717, 1.165) is 20.9 Å². The van der Waals surface area contributed by atoms with Gasteiger partial charge in [-0.3, -0.25) is 0 Å². The molecule has 3 rings (SSSR count). The van der Waals surface area contributed by atoms with Gasteiger partial charge >= 0.3 is 6.01 Å². The van der Waals surface area contributed by atoms with Crippen molar-refractivity contribution in [1.82, 2.24) is 19.9 Å². The van der Waals surface area contributed by atoms with Crippen LogP contribution in [0, 0.1) is 0 Å². The molecule has 0 fully saturated rings.